The first kappa shape index (κ1) is 18.3. The zero-order valence-electron chi connectivity index (χ0n) is 16.5. The quantitative estimate of drug-likeness (QED) is 0.504. The molecule has 0 N–H and O–H groups in total. The van der Waals surface area contributed by atoms with Crippen molar-refractivity contribution in [1.29, 1.82) is 0 Å². The first-order valence-electron chi connectivity index (χ1n) is 9.84. The highest BCUT2D eigenvalue weighted by molar-refractivity contribution is 7.22. The van der Waals surface area contributed by atoms with E-state index in [0.717, 1.165) is 41.0 Å². The Hall–Kier alpha value is -2.77. The number of rotatable bonds is 4. The maximum Gasteiger partial charge on any atom is 0.279 e. The van der Waals surface area contributed by atoms with Crippen molar-refractivity contribution in [1.82, 2.24) is 14.4 Å². The lowest BCUT2D eigenvalue weighted by Gasteiger charge is -2.23. The van der Waals surface area contributed by atoms with Crippen molar-refractivity contribution in [2.45, 2.75) is 32.8 Å². The number of nitrogens with zero attached hydrogens (tertiary/aromatic N) is 4. The van der Waals surface area contributed by atoms with E-state index >= 15 is 0 Å². The largest absolute Gasteiger partial charge is 0.376 e. The molecule has 1 aromatic carbocycles. The summed E-state index contributed by atoms with van der Waals surface area (Å²) >= 11 is 1.55. The molecule has 148 valence electrons. The molecule has 0 radical (unpaired) electrons. The van der Waals surface area contributed by atoms with Crippen LogP contribution in [0.3, 0.4) is 0 Å². The molecule has 4 heterocycles. The number of hydrogen-bond acceptors (Lipinski definition) is 5. The first-order valence-corrected chi connectivity index (χ1v) is 10.7. The molecule has 1 amide bonds. The van der Waals surface area contributed by atoms with Gasteiger partial charge < -0.3 is 4.74 Å². The van der Waals surface area contributed by atoms with Gasteiger partial charge in [-0.2, -0.15) is 0 Å². The average Bonchev–Trinajstić information content (AvgIpc) is 3.42. The molecular formula is C22H22N4O2S. The molecule has 0 saturated carbocycles. The maximum absolute atomic E-state index is 13.7. The molecule has 6 nitrogen and oxygen atoms in total. The number of carbonyl (C=O) groups is 1. The van der Waals surface area contributed by atoms with Gasteiger partial charge >= 0.3 is 0 Å². The summed E-state index contributed by atoms with van der Waals surface area (Å²) in [6.45, 7) is 5.19. The predicted octanol–water partition coefficient (Wildman–Crippen LogP) is 4.39. The summed E-state index contributed by atoms with van der Waals surface area (Å²) in [7, 11) is 0. The number of imidazole rings is 1. The number of aryl methyl sites for hydroxylation is 2. The van der Waals surface area contributed by atoms with E-state index in [9.17, 15) is 4.79 Å². The normalized spacial score (nSPS) is 16.7. The number of anilines is 1. The minimum Gasteiger partial charge on any atom is -0.376 e. The van der Waals surface area contributed by atoms with Crippen LogP contribution in [0.25, 0.3) is 15.9 Å². The molecule has 0 aliphatic carbocycles. The summed E-state index contributed by atoms with van der Waals surface area (Å²) in [6.07, 6.45) is 3.90. The number of amides is 1. The lowest BCUT2D eigenvalue weighted by Crippen LogP contribution is -2.38. The molecule has 1 aliphatic rings. The van der Waals surface area contributed by atoms with Crippen LogP contribution >= 0.6 is 11.3 Å². The van der Waals surface area contributed by atoms with Crippen LogP contribution < -0.4 is 4.90 Å². The SMILES string of the molecule is Cc1ccc2nc(N(CC3CCCO3)C(=O)c3c(C)nc4ccccn34)sc2c1. The Bertz CT molecular complexity index is 1210. The van der Waals surface area contributed by atoms with Crippen LogP contribution in [0.5, 0.6) is 0 Å². The van der Waals surface area contributed by atoms with E-state index in [0.29, 0.717) is 17.4 Å². The number of hydrogen-bond donors (Lipinski definition) is 0. The summed E-state index contributed by atoms with van der Waals surface area (Å²) in [6, 6.07) is 11.9. The van der Waals surface area contributed by atoms with Gasteiger partial charge in [-0.1, -0.05) is 23.5 Å². The van der Waals surface area contributed by atoms with Crippen LogP contribution in [0.2, 0.25) is 0 Å². The fourth-order valence-electron chi connectivity index (χ4n) is 3.87. The van der Waals surface area contributed by atoms with Gasteiger partial charge in [-0.3, -0.25) is 14.1 Å². The summed E-state index contributed by atoms with van der Waals surface area (Å²) in [5.74, 6) is -0.0903. The molecule has 7 heteroatoms. The Labute approximate surface area is 172 Å². The Morgan fingerprint density at radius 2 is 2.17 bits per heavy atom. The summed E-state index contributed by atoms with van der Waals surface area (Å²) in [5.41, 5.74) is 4.16. The van der Waals surface area contributed by atoms with Crippen LogP contribution in [0.15, 0.2) is 42.6 Å². The Morgan fingerprint density at radius 3 is 3.00 bits per heavy atom. The molecule has 4 aromatic rings. The third-order valence-electron chi connectivity index (χ3n) is 5.33. The fraction of sp³-hybridized carbons (Fsp3) is 0.318. The second-order valence-electron chi connectivity index (χ2n) is 7.49. The van der Waals surface area contributed by atoms with Crippen LogP contribution in [0.1, 0.15) is 34.6 Å². The molecule has 0 spiro atoms. The van der Waals surface area contributed by atoms with E-state index < -0.39 is 0 Å². The van der Waals surface area contributed by atoms with Crippen molar-refractivity contribution in [2.75, 3.05) is 18.1 Å². The van der Waals surface area contributed by atoms with Crippen LogP contribution in [0.4, 0.5) is 5.13 Å². The van der Waals surface area contributed by atoms with Crippen molar-refractivity contribution < 1.29 is 9.53 Å². The van der Waals surface area contributed by atoms with Gasteiger partial charge in [0.25, 0.3) is 5.91 Å². The van der Waals surface area contributed by atoms with Crippen molar-refractivity contribution in [3.05, 3.63) is 59.5 Å². The third-order valence-corrected chi connectivity index (χ3v) is 6.37. The maximum atomic E-state index is 13.7. The molecule has 29 heavy (non-hydrogen) atoms. The molecule has 1 atom stereocenters. The minimum atomic E-state index is -0.0903. The number of pyridine rings is 1. The number of carbonyl (C=O) groups excluding carboxylic acids is 1. The molecule has 5 rings (SSSR count). The lowest BCUT2D eigenvalue weighted by molar-refractivity contribution is 0.0912. The third kappa shape index (κ3) is 3.30. The van der Waals surface area contributed by atoms with Crippen molar-refractivity contribution in [3.8, 4) is 0 Å². The standard InChI is InChI=1S/C22H22N4O2S/c1-14-8-9-17-18(12-14)29-22(24-17)26(13-16-6-5-11-28-16)21(27)20-15(2)23-19-7-3-4-10-25(19)20/h3-4,7-10,12,16H,5-6,11,13H2,1-2H3. The number of ether oxygens (including phenoxy) is 1. The monoisotopic (exact) mass is 406 g/mol. The average molecular weight is 407 g/mol. The number of fused-ring (bicyclic) bond motifs is 2. The number of thiazole rings is 1. The lowest BCUT2D eigenvalue weighted by atomic mass is 10.2. The number of aromatic nitrogens is 3. The zero-order chi connectivity index (χ0) is 20.0. The van der Waals surface area contributed by atoms with Gasteiger partial charge in [0.2, 0.25) is 0 Å². The smallest absolute Gasteiger partial charge is 0.279 e. The van der Waals surface area contributed by atoms with Gasteiger partial charge in [-0.15, -0.1) is 0 Å². The van der Waals surface area contributed by atoms with E-state index in [2.05, 4.69) is 18.0 Å². The van der Waals surface area contributed by atoms with Crippen molar-refractivity contribution in [3.63, 3.8) is 0 Å². The van der Waals surface area contributed by atoms with Crippen LogP contribution in [-0.2, 0) is 4.74 Å². The summed E-state index contributed by atoms with van der Waals surface area (Å²) in [4.78, 5) is 24.9. The van der Waals surface area contributed by atoms with Crippen LogP contribution in [-0.4, -0.2) is 39.5 Å². The Morgan fingerprint density at radius 1 is 1.28 bits per heavy atom. The van der Waals surface area contributed by atoms with Crippen LogP contribution in [0, 0.1) is 13.8 Å². The second-order valence-corrected chi connectivity index (χ2v) is 8.50. The highest BCUT2D eigenvalue weighted by Gasteiger charge is 2.30. The number of benzene rings is 1. The van der Waals surface area contributed by atoms with Gasteiger partial charge in [0.05, 0.1) is 28.6 Å². The van der Waals surface area contributed by atoms with Gasteiger partial charge in [0.15, 0.2) is 5.13 Å². The van der Waals surface area contributed by atoms with E-state index in [1.165, 1.54) is 5.56 Å². The molecule has 1 aliphatic heterocycles. The Balaban J connectivity index is 1.60. The molecule has 1 fully saturated rings. The predicted molar refractivity (Wildman–Crippen MR) is 115 cm³/mol. The van der Waals surface area contributed by atoms with Gasteiger partial charge in [0, 0.05) is 12.8 Å². The fourth-order valence-corrected chi connectivity index (χ4v) is 4.95. The van der Waals surface area contributed by atoms with E-state index in [1.54, 1.807) is 16.2 Å². The summed E-state index contributed by atoms with van der Waals surface area (Å²) < 4.78 is 8.79. The van der Waals surface area contributed by atoms with E-state index in [1.807, 2.05) is 47.9 Å². The van der Waals surface area contributed by atoms with Gasteiger partial charge in [-0.05, 0) is 56.5 Å². The van der Waals surface area contributed by atoms with Crippen molar-refractivity contribution in [2.24, 2.45) is 0 Å². The molecule has 1 saturated heterocycles. The minimum absolute atomic E-state index is 0.0344. The van der Waals surface area contributed by atoms with Gasteiger partial charge in [0.1, 0.15) is 11.3 Å². The summed E-state index contributed by atoms with van der Waals surface area (Å²) in [5, 5.41) is 0.705. The highest BCUT2D eigenvalue weighted by atomic mass is 32.1. The zero-order valence-corrected chi connectivity index (χ0v) is 17.3. The molecular weight excluding hydrogens is 384 g/mol. The second kappa shape index (κ2) is 7.24. The first-order chi connectivity index (χ1) is 14.1. The topological polar surface area (TPSA) is 59.7 Å². The van der Waals surface area contributed by atoms with Gasteiger partial charge in [-0.25, -0.2) is 9.97 Å². The van der Waals surface area contributed by atoms with Crippen molar-refractivity contribution >= 4 is 38.2 Å². The van der Waals surface area contributed by atoms with E-state index in [4.69, 9.17) is 9.72 Å². The molecule has 1 unspecified atom stereocenters. The Kier molecular flexibility index (Phi) is 4.56. The molecule has 3 aromatic heterocycles. The highest BCUT2D eigenvalue weighted by Crippen LogP contribution is 2.32. The van der Waals surface area contributed by atoms with E-state index in [-0.39, 0.29) is 12.0 Å². The molecule has 0 bridgehead atoms.